The lowest BCUT2D eigenvalue weighted by atomic mass is 10.0. The van der Waals surface area contributed by atoms with E-state index in [0.29, 0.717) is 6.54 Å². The van der Waals surface area contributed by atoms with Crippen molar-refractivity contribution >= 4 is 0 Å². The van der Waals surface area contributed by atoms with Crippen molar-refractivity contribution < 1.29 is 44.1 Å². The Morgan fingerprint density at radius 2 is 1.50 bits per heavy atom. The molecule has 0 bridgehead atoms. The largest absolute Gasteiger partial charge is 0.460 e. The topological polar surface area (TPSA) is 8.81 Å². The molecule has 0 aliphatic heterocycles. The first-order chi connectivity index (χ1) is 10.8. The van der Waals surface area contributed by atoms with Crippen LogP contribution < -0.4 is 4.57 Å². The molecule has 1 aromatic rings. The van der Waals surface area contributed by atoms with Crippen molar-refractivity contribution in [3.8, 4) is 0 Å². The molecule has 0 fully saturated rings. The van der Waals surface area contributed by atoms with Crippen LogP contribution in [0.4, 0.5) is 39.5 Å². The van der Waals surface area contributed by atoms with E-state index in [-0.39, 0.29) is 0 Å². The normalized spacial score (nSPS) is 14.2. The molecule has 11 heteroatoms. The lowest BCUT2D eigenvalue weighted by molar-refractivity contribution is -0.696. The minimum Gasteiger partial charge on any atom is -0.237 e. The van der Waals surface area contributed by atoms with Gasteiger partial charge >= 0.3 is 23.9 Å². The van der Waals surface area contributed by atoms with Crippen molar-refractivity contribution in [3.05, 3.63) is 18.7 Å². The standard InChI is InChI=1S/C13H16F9N2/c1-2-3-5-23-7-8-24(9-23)6-4-10(14,15)11(16,17)12(18,19)13(20,21)22/h7-9H,2-6H2,1H3/q+1. The lowest BCUT2D eigenvalue weighted by Crippen LogP contribution is -2.61. The number of aromatic nitrogens is 2. The minimum absolute atomic E-state index is 0.530. The number of halogens is 9. The molecule has 0 aliphatic rings. The Morgan fingerprint density at radius 1 is 0.917 bits per heavy atom. The van der Waals surface area contributed by atoms with Crippen LogP contribution in [0.15, 0.2) is 18.7 Å². The Bertz CT molecular complexity index is 534. The number of imidazole rings is 1. The van der Waals surface area contributed by atoms with Gasteiger partial charge in [0.2, 0.25) is 6.33 Å². The Morgan fingerprint density at radius 3 is 2.00 bits per heavy atom. The third-order valence-electron chi connectivity index (χ3n) is 3.41. The molecule has 0 saturated carbocycles. The van der Waals surface area contributed by atoms with Crippen LogP contribution in [0, 0.1) is 0 Å². The predicted octanol–water partition coefficient (Wildman–Crippen LogP) is 4.43. The fourth-order valence-electron chi connectivity index (χ4n) is 1.88. The molecule has 0 amide bonds. The molecule has 1 heterocycles. The first kappa shape index (κ1) is 20.6. The van der Waals surface area contributed by atoms with E-state index in [2.05, 4.69) is 0 Å². The van der Waals surface area contributed by atoms with Crippen LogP contribution in [0.5, 0.6) is 0 Å². The summed E-state index contributed by atoms with van der Waals surface area (Å²) in [6, 6.07) is 0. The van der Waals surface area contributed by atoms with Crippen molar-refractivity contribution in [1.29, 1.82) is 0 Å². The highest BCUT2D eigenvalue weighted by Gasteiger charge is 2.81. The van der Waals surface area contributed by atoms with Gasteiger partial charge in [-0.2, -0.15) is 39.5 Å². The molecule has 1 aromatic heterocycles. The maximum absolute atomic E-state index is 13.4. The van der Waals surface area contributed by atoms with Crippen LogP contribution in [0.25, 0.3) is 0 Å². The van der Waals surface area contributed by atoms with Crippen molar-refractivity contribution in [2.45, 2.75) is 63.2 Å². The molecule has 0 saturated heterocycles. The molecule has 140 valence electrons. The number of alkyl halides is 9. The molecule has 0 aromatic carbocycles. The Balaban J connectivity index is 2.83. The second-order valence-electron chi connectivity index (χ2n) is 5.34. The highest BCUT2D eigenvalue weighted by Crippen LogP contribution is 2.54. The van der Waals surface area contributed by atoms with Gasteiger partial charge in [-0.05, 0) is 6.42 Å². The highest BCUT2D eigenvalue weighted by atomic mass is 19.4. The van der Waals surface area contributed by atoms with E-state index in [4.69, 9.17) is 0 Å². The zero-order chi connectivity index (χ0) is 18.8. The maximum Gasteiger partial charge on any atom is 0.460 e. The van der Waals surface area contributed by atoms with Gasteiger partial charge in [-0.1, -0.05) is 13.3 Å². The number of nitrogens with zero attached hydrogens (tertiary/aromatic N) is 2. The number of aryl methyl sites for hydroxylation is 2. The van der Waals surface area contributed by atoms with Crippen LogP contribution in [-0.4, -0.2) is 28.5 Å². The molecule has 0 radical (unpaired) electrons. The van der Waals surface area contributed by atoms with Gasteiger partial charge in [0.1, 0.15) is 12.4 Å². The first-order valence-electron chi connectivity index (χ1n) is 7.01. The third-order valence-corrected chi connectivity index (χ3v) is 3.41. The van der Waals surface area contributed by atoms with Crippen molar-refractivity contribution in [2.24, 2.45) is 0 Å². The van der Waals surface area contributed by atoms with Crippen molar-refractivity contribution in [2.75, 3.05) is 0 Å². The number of rotatable bonds is 8. The van der Waals surface area contributed by atoms with Gasteiger partial charge in [-0.3, -0.25) is 0 Å². The van der Waals surface area contributed by atoms with Crippen LogP contribution in [-0.2, 0) is 13.1 Å². The van der Waals surface area contributed by atoms with E-state index in [1.165, 1.54) is 18.7 Å². The van der Waals surface area contributed by atoms with Gasteiger partial charge in [0.25, 0.3) is 0 Å². The summed E-state index contributed by atoms with van der Waals surface area (Å²) in [5, 5.41) is 0. The summed E-state index contributed by atoms with van der Waals surface area (Å²) in [4.78, 5) is 0. The van der Waals surface area contributed by atoms with Crippen molar-refractivity contribution in [1.82, 2.24) is 4.57 Å². The zero-order valence-electron chi connectivity index (χ0n) is 12.6. The zero-order valence-corrected chi connectivity index (χ0v) is 12.6. The van der Waals surface area contributed by atoms with Crippen molar-refractivity contribution in [3.63, 3.8) is 0 Å². The SMILES string of the molecule is CCCC[n+]1ccn(CCC(F)(F)C(F)(F)C(F)(F)C(F)(F)F)c1. The summed E-state index contributed by atoms with van der Waals surface area (Å²) in [6.07, 6.45) is -3.06. The van der Waals surface area contributed by atoms with Gasteiger partial charge in [0, 0.05) is 0 Å². The van der Waals surface area contributed by atoms with E-state index in [1.807, 2.05) is 6.92 Å². The summed E-state index contributed by atoms with van der Waals surface area (Å²) in [5.74, 6) is -18.9. The quantitative estimate of drug-likeness (QED) is 0.472. The summed E-state index contributed by atoms with van der Waals surface area (Å²) >= 11 is 0. The van der Waals surface area contributed by atoms with E-state index in [9.17, 15) is 39.5 Å². The lowest BCUT2D eigenvalue weighted by Gasteiger charge is -2.33. The van der Waals surface area contributed by atoms with Crippen LogP contribution in [0.3, 0.4) is 0 Å². The number of unbranched alkanes of at least 4 members (excludes halogenated alkanes) is 1. The second-order valence-corrected chi connectivity index (χ2v) is 5.34. The second kappa shape index (κ2) is 6.83. The van der Waals surface area contributed by atoms with Gasteiger partial charge in [0.15, 0.2) is 0 Å². The number of hydrogen-bond acceptors (Lipinski definition) is 0. The molecular formula is C13H16F9N2+. The first-order valence-corrected chi connectivity index (χ1v) is 7.01. The molecule has 0 atom stereocenters. The molecule has 0 N–H and O–H groups in total. The molecular weight excluding hydrogens is 355 g/mol. The summed E-state index contributed by atoms with van der Waals surface area (Å²) in [6.45, 7) is 1.60. The van der Waals surface area contributed by atoms with Gasteiger partial charge < -0.3 is 0 Å². The Kier molecular flexibility index (Phi) is 5.87. The molecule has 1 rings (SSSR count). The smallest absolute Gasteiger partial charge is 0.237 e. The summed E-state index contributed by atoms with van der Waals surface area (Å²) in [5.41, 5.74) is 0. The van der Waals surface area contributed by atoms with Crippen LogP contribution in [0.2, 0.25) is 0 Å². The maximum atomic E-state index is 13.4. The van der Waals surface area contributed by atoms with Gasteiger partial charge in [-0.25, -0.2) is 9.13 Å². The summed E-state index contributed by atoms with van der Waals surface area (Å²) in [7, 11) is 0. The van der Waals surface area contributed by atoms with E-state index in [0.717, 1.165) is 17.4 Å². The highest BCUT2D eigenvalue weighted by molar-refractivity contribution is 5.00. The summed E-state index contributed by atoms with van der Waals surface area (Å²) < 4.78 is 117. The fourth-order valence-corrected chi connectivity index (χ4v) is 1.88. The Labute approximate surface area is 131 Å². The monoisotopic (exact) mass is 371 g/mol. The van der Waals surface area contributed by atoms with E-state index in [1.54, 1.807) is 4.57 Å². The van der Waals surface area contributed by atoms with E-state index < -0.39 is 36.9 Å². The molecule has 24 heavy (non-hydrogen) atoms. The molecule has 0 aliphatic carbocycles. The fraction of sp³-hybridized carbons (Fsp3) is 0.769. The Hall–Kier alpha value is -1.42. The van der Waals surface area contributed by atoms with Gasteiger partial charge in [0.05, 0.1) is 19.5 Å². The van der Waals surface area contributed by atoms with Crippen LogP contribution >= 0.6 is 0 Å². The average molecular weight is 371 g/mol. The molecule has 2 nitrogen and oxygen atoms in total. The molecule has 0 spiro atoms. The third kappa shape index (κ3) is 3.97. The minimum atomic E-state index is -6.83. The average Bonchev–Trinajstić information content (AvgIpc) is 2.89. The number of hydrogen-bond donors (Lipinski definition) is 0. The van der Waals surface area contributed by atoms with Gasteiger partial charge in [-0.15, -0.1) is 0 Å². The predicted molar refractivity (Wildman–Crippen MR) is 65.0 cm³/mol. The molecule has 0 unspecified atom stereocenters. The van der Waals surface area contributed by atoms with E-state index >= 15 is 0 Å². The van der Waals surface area contributed by atoms with Crippen LogP contribution in [0.1, 0.15) is 26.2 Å².